The summed E-state index contributed by atoms with van der Waals surface area (Å²) in [5, 5.41) is 2.11. The van der Waals surface area contributed by atoms with Crippen molar-refractivity contribution in [2.75, 3.05) is 0 Å². The maximum absolute atomic E-state index is 12.3. The Hall–Kier alpha value is -1.13. The van der Waals surface area contributed by atoms with Gasteiger partial charge in [0.25, 0.3) is 5.91 Å². The zero-order valence-electron chi connectivity index (χ0n) is 5.13. The van der Waals surface area contributed by atoms with Crippen LogP contribution in [0.5, 0.6) is 0 Å². The number of carbonyl (C=O) groups is 2. The fraction of sp³-hybridized carbons (Fsp3) is 0.600. The Balaban J connectivity index is 2.57. The smallest absolute Gasteiger partial charge is 0.255 e. The number of primary amides is 1. The largest absolute Gasteiger partial charge is 0.368 e. The minimum atomic E-state index is -1.57. The molecule has 0 aromatic rings. The molecule has 0 aromatic carbocycles. The van der Waals surface area contributed by atoms with Crippen molar-refractivity contribution in [1.29, 1.82) is 0 Å². The highest BCUT2D eigenvalue weighted by Gasteiger charge is 2.34. The molecular weight excluding hydrogens is 139 g/mol. The molecule has 10 heavy (non-hydrogen) atoms. The second-order valence-corrected chi connectivity index (χ2v) is 2.17. The molecule has 2 amide bonds. The van der Waals surface area contributed by atoms with Gasteiger partial charge < -0.3 is 11.1 Å². The van der Waals surface area contributed by atoms with Crippen LogP contribution in [0, 0.1) is 0 Å². The van der Waals surface area contributed by atoms with Crippen molar-refractivity contribution in [3.63, 3.8) is 0 Å². The van der Waals surface area contributed by atoms with Crippen LogP contribution in [0.25, 0.3) is 0 Å². The molecule has 1 aliphatic heterocycles. The van der Waals surface area contributed by atoms with Crippen molar-refractivity contribution in [1.82, 2.24) is 5.32 Å². The molecule has 1 heterocycles. The number of alkyl halides is 1. The molecule has 1 fully saturated rings. The lowest BCUT2D eigenvalue weighted by Gasteiger charge is -2.00. The topological polar surface area (TPSA) is 72.2 Å². The number of amides is 2. The summed E-state index contributed by atoms with van der Waals surface area (Å²) in [6.07, 6.45) is -1.70. The molecule has 2 atom stereocenters. The summed E-state index contributed by atoms with van der Waals surface area (Å²) in [5.41, 5.74) is 4.80. The van der Waals surface area contributed by atoms with Crippen LogP contribution in [0.3, 0.4) is 0 Å². The Morgan fingerprint density at radius 2 is 2.40 bits per heavy atom. The van der Waals surface area contributed by atoms with E-state index in [1.165, 1.54) is 0 Å². The van der Waals surface area contributed by atoms with Crippen molar-refractivity contribution in [3.05, 3.63) is 0 Å². The summed E-state index contributed by atoms with van der Waals surface area (Å²) in [6.45, 7) is 0. The summed E-state index contributed by atoms with van der Waals surface area (Å²) >= 11 is 0. The summed E-state index contributed by atoms with van der Waals surface area (Å²) in [6, 6.07) is -0.817. The highest BCUT2D eigenvalue weighted by molar-refractivity contribution is 5.92. The molecule has 0 aliphatic carbocycles. The quantitative estimate of drug-likeness (QED) is 0.482. The number of nitrogens with one attached hydrogen (secondary N) is 1. The molecule has 5 heteroatoms. The molecule has 0 aromatic heterocycles. The molecular formula is C5H7FN2O2. The van der Waals surface area contributed by atoms with Gasteiger partial charge in [-0.3, -0.25) is 9.59 Å². The lowest BCUT2D eigenvalue weighted by Crippen LogP contribution is -2.37. The van der Waals surface area contributed by atoms with Gasteiger partial charge in [-0.15, -0.1) is 0 Å². The third-order valence-electron chi connectivity index (χ3n) is 1.39. The lowest BCUT2D eigenvalue weighted by atomic mass is 10.2. The molecule has 1 saturated heterocycles. The third-order valence-corrected chi connectivity index (χ3v) is 1.39. The molecule has 3 N–H and O–H groups in total. The predicted molar refractivity (Wildman–Crippen MR) is 30.6 cm³/mol. The number of hydrogen-bond donors (Lipinski definition) is 2. The van der Waals surface area contributed by atoms with Crippen LogP contribution in [0.15, 0.2) is 0 Å². The fourth-order valence-electron chi connectivity index (χ4n) is 0.822. The van der Waals surface area contributed by atoms with Crippen molar-refractivity contribution in [3.8, 4) is 0 Å². The van der Waals surface area contributed by atoms with Crippen molar-refractivity contribution < 1.29 is 14.0 Å². The average Bonchev–Trinajstić information content (AvgIpc) is 2.13. The molecule has 1 rings (SSSR count). The standard InChI is InChI=1S/C5H7FN2O2/c6-2-1-3(4(7)9)8-5(2)10/h2-3H,1H2,(H2,7,9)(H,8,10). The number of hydrogen-bond acceptors (Lipinski definition) is 2. The Labute approximate surface area is 56.6 Å². The van der Waals surface area contributed by atoms with Gasteiger partial charge in [-0.05, 0) is 0 Å². The molecule has 0 spiro atoms. The second kappa shape index (κ2) is 2.24. The third kappa shape index (κ3) is 1.07. The SMILES string of the molecule is NC(=O)C1CC(F)C(=O)N1. The number of rotatable bonds is 1. The second-order valence-electron chi connectivity index (χ2n) is 2.17. The summed E-state index contributed by atoms with van der Waals surface area (Å²) in [5.74, 6) is -1.43. The monoisotopic (exact) mass is 146 g/mol. The van der Waals surface area contributed by atoms with Gasteiger partial charge in [0.15, 0.2) is 6.17 Å². The van der Waals surface area contributed by atoms with Gasteiger partial charge in [-0.1, -0.05) is 0 Å². The van der Waals surface area contributed by atoms with Crippen molar-refractivity contribution in [2.45, 2.75) is 18.6 Å². The zero-order chi connectivity index (χ0) is 7.72. The Kier molecular flexibility index (Phi) is 1.57. The highest BCUT2D eigenvalue weighted by Crippen LogP contribution is 2.10. The number of carbonyl (C=O) groups excluding carboxylic acids is 2. The van der Waals surface area contributed by atoms with Crippen molar-refractivity contribution >= 4 is 11.8 Å². The van der Waals surface area contributed by atoms with Crippen LogP contribution in [-0.4, -0.2) is 24.0 Å². The van der Waals surface area contributed by atoms with Crippen LogP contribution in [0.4, 0.5) is 4.39 Å². The lowest BCUT2D eigenvalue weighted by molar-refractivity contribution is -0.125. The Bertz CT molecular complexity index is 182. The van der Waals surface area contributed by atoms with Crippen LogP contribution in [-0.2, 0) is 9.59 Å². The van der Waals surface area contributed by atoms with Gasteiger partial charge in [0, 0.05) is 6.42 Å². The van der Waals surface area contributed by atoms with E-state index in [1.54, 1.807) is 0 Å². The molecule has 0 saturated carbocycles. The van der Waals surface area contributed by atoms with E-state index in [4.69, 9.17) is 5.73 Å². The van der Waals surface area contributed by atoms with Crippen LogP contribution in [0.2, 0.25) is 0 Å². The van der Waals surface area contributed by atoms with E-state index in [0.717, 1.165) is 0 Å². The molecule has 0 radical (unpaired) electrons. The fourth-order valence-corrected chi connectivity index (χ4v) is 0.822. The first kappa shape index (κ1) is 6.98. The van der Waals surface area contributed by atoms with Crippen LogP contribution < -0.4 is 11.1 Å². The number of nitrogens with two attached hydrogens (primary N) is 1. The van der Waals surface area contributed by atoms with E-state index >= 15 is 0 Å². The molecule has 56 valence electrons. The van der Waals surface area contributed by atoms with E-state index < -0.39 is 24.0 Å². The van der Waals surface area contributed by atoms with Gasteiger partial charge in [0.1, 0.15) is 6.04 Å². The zero-order valence-corrected chi connectivity index (χ0v) is 5.13. The van der Waals surface area contributed by atoms with Gasteiger partial charge in [0.2, 0.25) is 5.91 Å². The van der Waals surface area contributed by atoms with Crippen LogP contribution >= 0.6 is 0 Å². The van der Waals surface area contributed by atoms with E-state index in [-0.39, 0.29) is 6.42 Å². The molecule has 2 unspecified atom stereocenters. The van der Waals surface area contributed by atoms with E-state index in [2.05, 4.69) is 5.32 Å². The number of halogens is 1. The maximum atomic E-state index is 12.3. The molecule has 1 aliphatic rings. The van der Waals surface area contributed by atoms with Crippen LogP contribution in [0.1, 0.15) is 6.42 Å². The van der Waals surface area contributed by atoms with E-state index in [9.17, 15) is 14.0 Å². The Morgan fingerprint density at radius 1 is 1.80 bits per heavy atom. The van der Waals surface area contributed by atoms with Gasteiger partial charge in [-0.2, -0.15) is 0 Å². The van der Waals surface area contributed by atoms with Gasteiger partial charge in [-0.25, -0.2) is 4.39 Å². The minimum absolute atomic E-state index is 0.131. The van der Waals surface area contributed by atoms with Gasteiger partial charge >= 0.3 is 0 Å². The first-order valence-electron chi connectivity index (χ1n) is 2.85. The maximum Gasteiger partial charge on any atom is 0.255 e. The van der Waals surface area contributed by atoms with Gasteiger partial charge in [0.05, 0.1) is 0 Å². The molecule has 4 nitrogen and oxygen atoms in total. The summed E-state index contributed by atoms with van der Waals surface area (Å²) < 4.78 is 12.3. The predicted octanol–water partition coefficient (Wildman–Crippen LogP) is -1.30. The first-order valence-corrected chi connectivity index (χ1v) is 2.85. The minimum Gasteiger partial charge on any atom is -0.368 e. The Morgan fingerprint density at radius 3 is 2.60 bits per heavy atom. The summed E-state index contributed by atoms with van der Waals surface area (Å²) in [7, 11) is 0. The normalized spacial score (nSPS) is 31.9. The first-order chi connectivity index (χ1) is 4.61. The van der Waals surface area contributed by atoms with E-state index in [1.807, 2.05) is 0 Å². The van der Waals surface area contributed by atoms with Crippen molar-refractivity contribution in [2.24, 2.45) is 5.73 Å². The van der Waals surface area contributed by atoms with E-state index in [0.29, 0.717) is 0 Å². The highest BCUT2D eigenvalue weighted by atomic mass is 19.1. The molecule has 0 bridgehead atoms. The average molecular weight is 146 g/mol. The summed E-state index contributed by atoms with van der Waals surface area (Å²) in [4.78, 5) is 20.7.